The minimum absolute atomic E-state index is 0.112. The van der Waals surface area contributed by atoms with Crippen LogP contribution >= 0.6 is 0 Å². The molecule has 0 aromatic heterocycles. The van der Waals surface area contributed by atoms with Gasteiger partial charge in [0.25, 0.3) is 11.8 Å². The first kappa shape index (κ1) is 28.8. The molecule has 3 rings (SSSR count). The summed E-state index contributed by atoms with van der Waals surface area (Å²) in [6, 6.07) is -4.51. The number of alkyl halides is 2. The van der Waals surface area contributed by atoms with Crippen molar-refractivity contribution in [2.75, 3.05) is 6.54 Å². The van der Waals surface area contributed by atoms with Gasteiger partial charge >= 0.3 is 6.03 Å². The van der Waals surface area contributed by atoms with Crippen molar-refractivity contribution in [1.29, 1.82) is 0 Å². The molecule has 0 aromatic carbocycles. The Morgan fingerprint density at radius 2 is 1.62 bits per heavy atom. The van der Waals surface area contributed by atoms with Gasteiger partial charge in [-0.05, 0) is 38.5 Å². The van der Waals surface area contributed by atoms with Crippen LogP contribution in [0.5, 0.6) is 0 Å². The number of nitrogens with one attached hydrogen (secondary N) is 3. The fraction of sp³-hybridized carbons (Fsp3) is 0.800. The third-order valence-corrected chi connectivity index (χ3v) is 7.43. The van der Waals surface area contributed by atoms with Crippen molar-refractivity contribution in [3.8, 4) is 0 Å². The minimum atomic E-state index is -3.13. The van der Waals surface area contributed by atoms with E-state index in [1.54, 1.807) is 41.5 Å². The first-order chi connectivity index (χ1) is 16.8. The van der Waals surface area contributed by atoms with Crippen LogP contribution in [0.25, 0.3) is 0 Å². The van der Waals surface area contributed by atoms with Gasteiger partial charge in [0.05, 0.1) is 17.9 Å². The number of Topliss-reactive ketones (excluding diaryl/α,β-unsaturated/α-hetero) is 1. The molecule has 37 heavy (non-hydrogen) atoms. The van der Waals surface area contributed by atoms with Crippen molar-refractivity contribution in [1.82, 2.24) is 20.9 Å². The first-order valence-electron chi connectivity index (χ1n) is 12.8. The maximum absolute atomic E-state index is 14.5. The second-order valence-corrected chi connectivity index (χ2v) is 12.7. The normalized spacial score (nSPS) is 26.3. The third-order valence-electron chi connectivity index (χ3n) is 7.43. The molecule has 5 amide bonds. The number of ketones is 1. The third kappa shape index (κ3) is 6.20. The van der Waals surface area contributed by atoms with Gasteiger partial charge in [0.2, 0.25) is 17.6 Å². The molecule has 1 saturated heterocycles. The van der Waals surface area contributed by atoms with E-state index in [0.717, 1.165) is 24.2 Å². The zero-order valence-electron chi connectivity index (χ0n) is 22.3. The van der Waals surface area contributed by atoms with E-state index >= 15 is 0 Å². The SMILES string of the molecule is CC(C)(C)NC(=O)N[C@H](C(=O)N1C[C@H]2[C@@H]([C@H]1C(=O)NC(CC1CCC1)C(=O)C(N)=O)C2(F)F)C(C)(C)C. The topological polar surface area (TPSA) is 151 Å². The van der Waals surface area contributed by atoms with Crippen LogP contribution in [0.1, 0.15) is 67.2 Å². The Balaban J connectivity index is 1.83. The molecule has 3 aliphatic rings. The van der Waals surface area contributed by atoms with Crippen LogP contribution in [0.15, 0.2) is 0 Å². The number of halogens is 2. The van der Waals surface area contributed by atoms with Gasteiger partial charge < -0.3 is 26.6 Å². The molecule has 1 unspecified atom stereocenters. The van der Waals surface area contributed by atoms with Gasteiger partial charge in [-0.25, -0.2) is 13.6 Å². The molecule has 5 N–H and O–H groups in total. The van der Waals surface area contributed by atoms with E-state index in [1.807, 2.05) is 0 Å². The van der Waals surface area contributed by atoms with Gasteiger partial charge in [-0.15, -0.1) is 0 Å². The Labute approximate surface area is 215 Å². The molecule has 1 aliphatic heterocycles. The molecule has 5 atom stereocenters. The predicted molar refractivity (Wildman–Crippen MR) is 130 cm³/mol. The van der Waals surface area contributed by atoms with Crippen LogP contribution in [0, 0.1) is 23.2 Å². The maximum Gasteiger partial charge on any atom is 0.315 e. The lowest BCUT2D eigenvalue weighted by molar-refractivity contribution is -0.146. The second kappa shape index (κ2) is 9.83. The number of carbonyl (C=O) groups is 5. The number of carbonyl (C=O) groups excluding carboxylic acids is 5. The molecule has 2 saturated carbocycles. The number of fused-ring (bicyclic) bond motifs is 1. The largest absolute Gasteiger partial charge is 0.363 e. The molecule has 1 heterocycles. The Morgan fingerprint density at radius 3 is 2.08 bits per heavy atom. The Bertz CT molecular complexity index is 969. The fourth-order valence-electron chi connectivity index (χ4n) is 5.18. The van der Waals surface area contributed by atoms with Gasteiger partial charge in [-0.1, -0.05) is 40.0 Å². The number of hydrogen-bond donors (Lipinski definition) is 4. The van der Waals surface area contributed by atoms with Gasteiger partial charge in [-0.3, -0.25) is 19.2 Å². The van der Waals surface area contributed by atoms with Crippen molar-refractivity contribution in [2.24, 2.45) is 28.9 Å². The number of nitrogens with zero attached hydrogens (tertiary/aromatic N) is 1. The fourth-order valence-corrected chi connectivity index (χ4v) is 5.18. The standard InChI is InChI=1S/C25H39F2N5O5/c1-23(2,3)18(30-22(37)31-24(4,5)6)21(36)32-11-13-15(25(13,26)27)16(32)20(35)29-14(17(33)19(28)34)10-12-8-7-9-12/h12-16,18H,7-11H2,1-6H3,(H2,28,34)(H,29,35)(H2,30,31,37)/t13-,14?,15-,16-,18+/m0/s1. The highest BCUT2D eigenvalue weighted by atomic mass is 19.3. The summed E-state index contributed by atoms with van der Waals surface area (Å²) in [5, 5.41) is 7.80. The number of rotatable bonds is 8. The van der Waals surface area contributed by atoms with E-state index in [9.17, 15) is 32.8 Å². The minimum Gasteiger partial charge on any atom is -0.363 e. The lowest BCUT2D eigenvalue weighted by Gasteiger charge is -2.37. The van der Waals surface area contributed by atoms with Crippen LogP contribution < -0.4 is 21.7 Å². The molecular weight excluding hydrogens is 488 g/mol. The second-order valence-electron chi connectivity index (χ2n) is 12.7. The van der Waals surface area contributed by atoms with Crippen molar-refractivity contribution >= 4 is 29.5 Å². The zero-order chi connectivity index (χ0) is 28.1. The lowest BCUT2D eigenvalue weighted by atomic mass is 9.80. The quantitative estimate of drug-likeness (QED) is 0.351. The van der Waals surface area contributed by atoms with E-state index in [1.165, 1.54) is 0 Å². The molecule has 10 nitrogen and oxygen atoms in total. The zero-order valence-corrected chi connectivity index (χ0v) is 22.3. The number of amides is 5. The summed E-state index contributed by atoms with van der Waals surface area (Å²) >= 11 is 0. The van der Waals surface area contributed by atoms with Gasteiger partial charge in [0.15, 0.2) is 0 Å². The van der Waals surface area contributed by atoms with Crippen LogP contribution in [0.3, 0.4) is 0 Å². The number of nitrogens with two attached hydrogens (primary N) is 1. The van der Waals surface area contributed by atoms with E-state index in [4.69, 9.17) is 5.73 Å². The summed E-state index contributed by atoms with van der Waals surface area (Å²) in [5.41, 5.74) is 3.77. The molecule has 0 radical (unpaired) electrons. The number of hydrogen-bond acceptors (Lipinski definition) is 5. The Kier molecular flexibility index (Phi) is 7.64. The highest BCUT2D eigenvalue weighted by Crippen LogP contribution is 2.62. The smallest absolute Gasteiger partial charge is 0.315 e. The first-order valence-corrected chi connectivity index (χ1v) is 12.8. The molecular formula is C25H39F2N5O5. The molecule has 0 spiro atoms. The van der Waals surface area contributed by atoms with Crippen LogP contribution in [0.4, 0.5) is 13.6 Å². The Morgan fingerprint density at radius 1 is 1.03 bits per heavy atom. The number of urea groups is 1. The number of piperidine rings is 1. The van der Waals surface area contributed by atoms with Crippen LogP contribution in [-0.2, 0) is 19.2 Å². The predicted octanol–water partition coefficient (Wildman–Crippen LogP) is 1.32. The van der Waals surface area contributed by atoms with E-state index < -0.39 is 76.4 Å². The molecule has 0 aromatic rings. The number of likely N-dealkylation sites (tertiary alicyclic amines) is 1. The van der Waals surface area contributed by atoms with Gasteiger partial charge in [0, 0.05) is 12.1 Å². The summed E-state index contributed by atoms with van der Waals surface area (Å²) in [4.78, 5) is 64.6. The summed E-state index contributed by atoms with van der Waals surface area (Å²) in [6.07, 6.45) is 2.79. The van der Waals surface area contributed by atoms with E-state index in [0.29, 0.717) is 0 Å². The average molecular weight is 528 g/mol. The highest BCUT2D eigenvalue weighted by molar-refractivity contribution is 6.37. The van der Waals surface area contributed by atoms with Gasteiger partial charge in [-0.2, -0.15) is 0 Å². The van der Waals surface area contributed by atoms with Crippen molar-refractivity contribution in [3.63, 3.8) is 0 Å². The monoisotopic (exact) mass is 527 g/mol. The van der Waals surface area contributed by atoms with Crippen molar-refractivity contribution in [2.45, 2.75) is 96.8 Å². The van der Waals surface area contributed by atoms with Crippen molar-refractivity contribution in [3.05, 3.63) is 0 Å². The summed E-state index contributed by atoms with van der Waals surface area (Å²) in [7, 11) is 0. The highest BCUT2D eigenvalue weighted by Gasteiger charge is 2.78. The number of primary amides is 1. The van der Waals surface area contributed by atoms with E-state index in [2.05, 4.69) is 16.0 Å². The van der Waals surface area contributed by atoms with Crippen LogP contribution in [-0.4, -0.2) is 70.6 Å². The summed E-state index contributed by atoms with van der Waals surface area (Å²) < 4.78 is 29.0. The maximum atomic E-state index is 14.5. The van der Waals surface area contributed by atoms with Gasteiger partial charge in [0.1, 0.15) is 12.1 Å². The molecule has 0 bridgehead atoms. The molecule has 2 aliphatic carbocycles. The lowest BCUT2D eigenvalue weighted by Crippen LogP contribution is -2.62. The molecule has 3 fully saturated rings. The molecule has 12 heteroatoms. The molecule has 208 valence electrons. The van der Waals surface area contributed by atoms with Crippen molar-refractivity contribution < 1.29 is 32.8 Å². The van der Waals surface area contributed by atoms with E-state index in [-0.39, 0.29) is 18.9 Å². The Hall–Kier alpha value is -2.79. The summed E-state index contributed by atoms with van der Waals surface area (Å²) in [6.45, 7) is 10.1. The summed E-state index contributed by atoms with van der Waals surface area (Å²) in [5.74, 6) is -9.45. The average Bonchev–Trinajstić information content (AvgIpc) is 3.06. The van der Waals surface area contributed by atoms with Crippen LogP contribution in [0.2, 0.25) is 0 Å².